The zero-order valence-corrected chi connectivity index (χ0v) is 13.0. The normalized spacial score (nSPS) is 13.0. The van der Waals surface area contributed by atoms with E-state index in [9.17, 15) is 18.0 Å². The Morgan fingerprint density at radius 1 is 1.35 bits per heavy atom. The Labute approximate surface area is 131 Å². The number of carbonyl (C=O) groups excluding carboxylic acids is 1. The summed E-state index contributed by atoms with van der Waals surface area (Å²) < 4.78 is 43.2. The van der Waals surface area contributed by atoms with Gasteiger partial charge in [0.05, 0.1) is 23.7 Å². The molecule has 1 amide bonds. The van der Waals surface area contributed by atoms with Crippen LogP contribution in [-0.2, 0) is 17.4 Å². The van der Waals surface area contributed by atoms with Crippen LogP contribution in [0.1, 0.15) is 41.1 Å². The molecule has 0 saturated heterocycles. The van der Waals surface area contributed by atoms with Gasteiger partial charge in [-0.1, -0.05) is 17.3 Å². The zero-order valence-electron chi connectivity index (χ0n) is 13.0. The average Bonchev–Trinajstić information content (AvgIpc) is 2.78. The van der Waals surface area contributed by atoms with E-state index in [0.29, 0.717) is 22.6 Å². The van der Waals surface area contributed by atoms with Gasteiger partial charge in [-0.2, -0.15) is 13.2 Å². The Morgan fingerprint density at radius 2 is 2.04 bits per heavy atom. The number of benzene rings is 1. The highest BCUT2D eigenvalue weighted by Crippen LogP contribution is 2.30. The topological polar surface area (TPSA) is 55.1 Å². The second kappa shape index (κ2) is 6.44. The molecule has 0 unspecified atom stereocenters. The minimum absolute atomic E-state index is 0.0739. The molecule has 1 heterocycles. The maximum Gasteiger partial charge on any atom is 0.416 e. The fourth-order valence-electron chi connectivity index (χ4n) is 2.28. The third kappa shape index (κ3) is 4.12. The highest BCUT2D eigenvalue weighted by molar-refractivity contribution is 5.79. The first kappa shape index (κ1) is 17.1. The molecule has 0 aliphatic rings. The fourth-order valence-corrected chi connectivity index (χ4v) is 2.28. The molecular weight excluding hydrogens is 309 g/mol. The van der Waals surface area contributed by atoms with Gasteiger partial charge in [0, 0.05) is 5.56 Å². The van der Waals surface area contributed by atoms with Crippen molar-refractivity contribution in [1.29, 1.82) is 0 Å². The molecule has 124 valence electrons. The number of halogens is 3. The van der Waals surface area contributed by atoms with E-state index in [1.165, 1.54) is 6.07 Å². The molecule has 0 saturated carbocycles. The Kier molecular flexibility index (Phi) is 4.77. The van der Waals surface area contributed by atoms with E-state index in [1.807, 2.05) is 0 Å². The summed E-state index contributed by atoms with van der Waals surface area (Å²) in [5.41, 5.74) is 0.983. The standard InChI is InChI=1S/C16H17F3N2O2/c1-9(12-5-4-6-13(7-12)16(17,18)19)20-15(22)8-14-10(2)21-23-11(14)3/h4-7,9H,8H2,1-3H3,(H,20,22)/t9-/m0/s1. The predicted octanol–water partition coefficient (Wildman–Crippen LogP) is 3.73. The summed E-state index contributed by atoms with van der Waals surface area (Å²) in [4.78, 5) is 12.1. The summed E-state index contributed by atoms with van der Waals surface area (Å²) in [6.07, 6.45) is -4.33. The minimum Gasteiger partial charge on any atom is -0.361 e. The molecule has 1 aromatic carbocycles. The Morgan fingerprint density at radius 3 is 2.61 bits per heavy atom. The van der Waals surface area contributed by atoms with Crippen LogP contribution in [-0.4, -0.2) is 11.1 Å². The van der Waals surface area contributed by atoms with Crippen molar-refractivity contribution < 1.29 is 22.5 Å². The van der Waals surface area contributed by atoms with Gasteiger partial charge in [0.2, 0.25) is 5.91 Å². The van der Waals surface area contributed by atoms with E-state index >= 15 is 0 Å². The molecule has 7 heteroatoms. The third-order valence-corrected chi connectivity index (χ3v) is 3.61. The predicted molar refractivity (Wildman–Crippen MR) is 77.7 cm³/mol. The van der Waals surface area contributed by atoms with Gasteiger partial charge in [-0.05, 0) is 38.5 Å². The van der Waals surface area contributed by atoms with Crippen molar-refractivity contribution in [2.75, 3.05) is 0 Å². The first-order valence-corrected chi connectivity index (χ1v) is 7.06. The van der Waals surface area contributed by atoms with Gasteiger partial charge < -0.3 is 9.84 Å². The Balaban J connectivity index is 2.07. The van der Waals surface area contributed by atoms with Crippen LogP contribution in [0.2, 0.25) is 0 Å². The van der Waals surface area contributed by atoms with Crippen LogP contribution >= 0.6 is 0 Å². The third-order valence-electron chi connectivity index (χ3n) is 3.61. The Bertz CT molecular complexity index is 688. The zero-order chi connectivity index (χ0) is 17.2. The summed E-state index contributed by atoms with van der Waals surface area (Å²) in [7, 11) is 0. The van der Waals surface area contributed by atoms with Gasteiger partial charge in [0.1, 0.15) is 5.76 Å². The number of aromatic nitrogens is 1. The lowest BCUT2D eigenvalue weighted by molar-refractivity contribution is -0.137. The Hall–Kier alpha value is -2.31. The molecule has 0 aliphatic heterocycles. The first-order chi connectivity index (χ1) is 10.7. The van der Waals surface area contributed by atoms with Crippen molar-refractivity contribution in [3.8, 4) is 0 Å². The number of hydrogen-bond acceptors (Lipinski definition) is 3. The largest absolute Gasteiger partial charge is 0.416 e. The minimum atomic E-state index is -4.41. The lowest BCUT2D eigenvalue weighted by Gasteiger charge is -2.16. The van der Waals surface area contributed by atoms with Crippen LogP contribution in [0.4, 0.5) is 13.2 Å². The van der Waals surface area contributed by atoms with Gasteiger partial charge in [0.15, 0.2) is 0 Å². The van der Waals surface area contributed by atoms with Crippen LogP contribution in [0.3, 0.4) is 0 Å². The van der Waals surface area contributed by atoms with Gasteiger partial charge in [-0.15, -0.1) is 0 Å². The number of amides is 1. The molecule has 1 N–H and O–H groups in total. The van der Waals surface area contributed by atoms with Gasteiger partial charge >= 0.3 is 6.18 Å². The van der Waals surface area contributed by atoms with Crippen LogP contribution < -0.4 is 5.32 Å². The monoisotopic (exact) mass is 326 g/mol. The van der Waals surface area contributed by atoms with Gasteiger partial charge in [-0.25, -0.2) is 0 Å². The lowest BCUT2D eigenvalue weighted by atomic mass is 10.0. The second-order valence-electron chi connectivity index (χ2n) is 5.39. The van der Waals surface area contributed by atoms with Crippen molar-refractivity contribution >= 4 is 5.91 Å². The molecule has 0 fully saturated rings. The molecule has 4 nitrogen and oxygen atoms in total. The first-order valence-electron chi connectivity index (χ1n) is 7.06. The van der Waals surface area contributed by atoms with Crippen LogP contribution in [0.25, 0.3) is 0 Å². The van der Waals surface area contributed by atoms with E-state index in [4.69, 9.17) is 4.52 Å². The van der Waals surface area contributed by atoms with Crippen molar-refractivity contribution in [2.45, 2.75) is 39.4 Å². The smallest absolute Gasteiger partial charge is 0.361 e. The van der Waals surface area contributed by atoms with E-state index < -0.39 is 17.8 Å². The number of aryl methyl sites for hydroxylation is 2. The SMILES string of the molecule is Cc1noc(C)c1CC(=O)N[C@@H](C)c1cccc(C(F)(F)F)c1. The van der Waals surface area contributed by atoms with Crippen molar-refractivity contribution in [1.82, 2.24) is 10.5 Å². The summed E-state index contributed by atoms with van der Waals surface area (Å²) in [6.45, 7) is 5.08. The molecule has 0 spiro atoms. The number of alkyl halides is 3. The molecule has 23 heavy (non-hydrogen) atoms. The molecular formula is C16H17F3N2O2. The number of nitrogens with zero attached hydrogens (tertiary/aromatic N) is 1. The van der Waals surface area contributed by atoms with E-state index in [1.54, 1.807) is 26.8 Å². The number of carbonyl (C=O) groups is 1. The summed E-state index contributed by atoms with van der Waals surface area (Å²) >= 11 is 0. The molecule has 1 aromatic heterocycles. The lowest BCUT2D eigenvalue weighted by Crippen LogP contribution is -2.28. The summed E-state index contributed by atoms with van der Waals surface area (Å²) in [5, 5.41) is 6.46. The number of nitrogens with one attached hydrogen (secondary N) is 1. The van der Waals surface area contributed by atoms with Crippen molar-refractivity contribution in [3.63, 3.8) is 0 Å². The quantitative estimate of drug-likeness (QED) is 0.931. The van der Waals surface area contributed by atoms with E-state index in [0.717, 1.165) is 12.1 Å². The summed E-state index contributed by atoms with van der Waals surface area (Å²) in [5.74, 6) is 0.258. The maximum atomic E-state index is 12.7. The highest BCUT2D eigenvalue weighted by atomic mass is 19.4. The average molecular weight is 326 g/mol. The summed E-state index contributed by atoms with van der Waals surface area (Å²) in [6, 6.07) is 4.39. The maximum absolute atomic E-state index is 12.7. The molecule has 2 aromatic rings. The molecule has 0 bridgehead atoms. The van der Waals surface area contributed by atoms with Crippen LogP contribution in [0.15, 0.2) is 28.8 Å². The number of hydrogen-bond donors (Lipinski definition) is 1. The van der Waals surface area contributed by atoms with Crippen LogP contribution in [0, 0.1) is 13.8 Å². The second-order valence-corrected chi connectivity index (χ2v) is 5.39. The van der Waals surface area contributed by atoms with Gasteiger partial charge in [-0.3, -0.25) is 4.79 Å². The molecule has 0 aliphatic carbocycles. The van der Waals surface area contributed by atoms with E-state index in [2.05, 4.69) is 10.5 Å². The molecule has 1 atom stereocenters. The number of rotatable bonds is 4. The fraction of sp³-hybridized carbons (Fsp3) is 0.375. The molecule has 0 radical (unpaired) electrons. The van der Waals surface area contributed by atoms with Crippen molar-refractivity contribution in [2.24, 2.45) is 0 Å². The highest BCUT2D eigenvalue weighted by Gasteiger charge is 2.30. The molecule has 2 rings (SSSR count). The van der Waals surface area contributed by atoms with Gasteiger partial charge in [0.25, 0.3) is 0 Å². The van der Waals surface area contributed by atoms with E-state index in [-0.39, 0.29) is 12.3 Å². The van der Waals surface area contributed by atoms with Crippen molar-refractivity contribution in [3.05, 3.63) is 52.4 Å². The van der Waals surface area contributed by atoms with Crippen LogP contribution in [0.5, 0.6) is 0 Å².